The van der Waals surface area contributed by atoms with Gasteiger partial charge in [-0.1, -0.05) is 23.4 Å². The van der Waals surface area contributed by atoms with Crippen LogP contribution in [0.2, 0.25) is 5.02 Å². The zero-order valence-electron chi connectivity index (χ0n) is 15.6. The van der Waals surface area contributed by atoms with Crippen molar-refractivity contribution in [3.8, 4) is 17.6 Å². The minimum atomic E-state index is -0.371. The minimum absolute atomic E-state index is 0.240. The molecule has 0 saturated heterocycles. The van der Waals surface area contributed by atoms with E-state index < -0.39 is 0 Å². The van der Waals surface area contributed by atoms with Crippen LogP contribution in [0.5, 0.6) is 5.75 Å². The number of anilines is 1. The maximum Gasteiger partial charge on any atom is 0.332 e. The highest BCUT2D eigenvalue weighted by atomic mass is 35.5. The van der Waals surface area contributed by atoms with Gasteiger partial charge in [-0.05, 0) is 37.1 Å². The summed E-state index contributed by atoms with van der Waals surface area (Å²) in [7, 11) is 4.84. The van der Waals surface area contributed by atoms with Crippen molar-refractivity contribution in [3.63, 3.8) is 0 Å². The van der Waals surface area contributed by atoms with E-state index in [0.29, 0.717) is 12.4 Å². The molecule has 1 heterocycles. The second-order valence-corrected chi connectivity index (χ2v) is 6.49. The van der Waals surface area contributed by atoms with Crippen LogP contribution in [-0.4, -0.2) is 29.3 Å². The first kappa shape index (κ1) is 19.7. The van der Waals surface area contributed by atoms with E-state index in [1.807, 2.05) is 26.0 Å². The first-order valence-corrected chi connectivity index (χ1v) is 8.43. The zero-order chi connectivity index (χ0) is 19.4. The summed E-state index contributed by atoms with van der Waals surface area (Å²) in [5.74, 6) is 7.14. The molecule has 0 aliphatic rings. The van der Waals surface area contributed by atoms with E-state index in [1.54, 1.807) is 19.0 Å². The van der Waals surface area contributed by atoms with Gasteiger partial charge in [-0.15, -0.1) is 0 Å². The largest absolute Gasteiger partial charge is 0.481 e. The molecule has 1 aromatic carbocycles. The van der Waals surface area contributed by atoms with Crippen molar-refractivity contribution in [1.82, 2.24) is 9.13 Å². The third kappa shape index (κ3) is 4.30. The molecule has 0 aliphatic carbocycles. The molecule has 26 heavy (non-hydrogen) atoms. The predicted octanol–water partition coefficient (Wildman–Crippen LogP) is 1.87. The Bertz CT molecular complexity index is 973. The monoisotopic (exact) mass is 375 g/mol. The SMILES string of the molecule is Cc1cc(OCC#CCN(C)c2cc(=O)n(C)c(=O)n2C)cc(C)c1Cl. The summed E-state index contributed by atoms with van der Waals surface area (Å²) < 4.78 is 8.11. The van der Waals surface area contributed by atoms with Gasteiger partial charge < -0.3 is 9.64 Å². The van der Waals surface area contributed by atoms with Gasteiger partial charge in [0.1, 0.15) is 18.2 Å². The van der Waals surface area contributed by atoms with Gasteiger partial charge in [-0.2, -0.15) is 0 Å². The van der Waals surface area contributed by atoms with Crippen LogP contribution in [0, 0.1) is 25.7 Å². The number of nitrogens with zero attached hydrogens (tertiary/aromatic N) is 3. The standard InChI is InChI=1S/C19H22ClN3O3/c1-13-10-15(11-14(2)18(13)20)26-9-7-6-8-21(3)16-12-17(24)23(5)19(25)22(16)4/h10-12H,8-9H2,1-5H3. The van der Waals surface area contributed by atoms with Crippen LogP contribution in [0.3, 0.4) is 0 Å². The summed E-state index contributed by atoms with van der Waals surface area (Å²) in [5, 5.41) is 0.740. The number of halogens is 1. The third-order valence-corrected chi connectivity index (χ3v) is 4.65. The van der Waals surface area contributed by atoms with E-state index in [1.165, 1.54) is 17.7 Å². The smallest absolute Gasteiger partial charge is 0.332 e. The highest BCUT2D eigenvalue weighted by Crippen LogP contribution is 2.25. The molecule has 6 nitrogen and oxygen atoms in total. The Hall–Kier alpha value is -2.65. The molecule has 0 fully saturated rings. The van der Waals surface area contributed by atoms with Crippen LogP contribution < -0.4 is 20.9 Å². The summed E-state index contributed by atoms with van der Waals surface area (Å²) in [6.07, 6.45) is 0. The highest BCUT2D eigenvalue weighted by Gasteiger charge is 2.09. The molecular weight excluding hydrogens is 354 g/mol. The molecular formula is C19H22ClN3O3. The molecule has 1 aromatic heterocycles. The highest BCUT2D eigenvalue weighted by molar-refractivity contribution is 6.32. The number of hydrogen-bond donors (Lipinski definition) is 0. The average Bonchev–Trinajstić information content (AvgIpc) is 2.60. The second-order valence-electron chi connectivity index (χ2n) is 6.11. The Morgan fingerprint density at radius 1 is 1.08 bits per heavy atom. The van der Waals surface area contributed by atoms with E-state index in [-0.39, 0.29) is 17.9 Å². The Labute approximate surface area is 157 Å². The lowest BCUT2D eigenvalue weighted by Crippen LogP contribution is -2.39. The van der Waals surface area contributed by atoms with Crippen molar-refractivity contribution in [2.24, 2.45) is 14.1 Å². The number of rotatable bonds is 4. The van der Waals surface area contributed by atoms with E-state index in [2.05, 4.69) is 11.8 Å². The quantitative estimate of drug-likeness (QED) is 0.765. The Balaban J connectivity index is 2.01. The van der Waals surface area contributed by atoms with Gasteiger partial charge in [-0.25, -0.2) is 4.79 Å². The van der Waals surface area contributed by atoms with Crippen LogP contribution in [0.4, 0.5) is 5.82 Å². The molecule has 0 saturated carbocycles. The lowest BCUT2D eigenvalue weighted by molar-refractivity contribution is 0.369. The summed E-state index contributed by atoms with van der Waals surface area (Å²) in [4.78, 5) is 25.5. The summed E-state index contributed by atoms with van der Waals surface area (Å²) in [6.45, 7) is 4.46. The first-order valence-electron chi connectivity index (χ1n) is 8.06. The van der Waals surface area contributed by atoms with Crippen molar-refractivity contribution in [3.05, 3.63) is 55.2 Å². The molecule has 0 atom stereocenters. The number of benzene rings is 1. The van der Waals surface area contributed by atoms with Gasteiger partial charge in [0.2, 0.25) is 0 Å². The van der Waals surface area contributed by atoms with Crippen LogP contribution in [-0.2, 0) is 14.1 Å². The molecule has 2 aromatic rings. The van der Waals surface area contributed by atoms with Crippen LogP contribution in [0.1, 0.15) is 11.1 Å². The van der Waals surface area contributed by atoms with Crippen LogP contribution >= 0.6 is 11.6 Å². The maximum absolute atomic E-state index is 12.0. The summed E-state index contributed by atoms with van der Waals surface area (Å²) in [5.41, 5.74) is 1.20. The van der Waals surface area contributed by atoms with Crippen molar-refractivity contribution in [2.75, 3.05) is 25.1 Å². The van der Waals surface area contributed by atoms with E-state index in [9.17, 15) is 9.59 Å². The van der Waals surface area contributed by atoms with E-state index in [4.69, 9.17) is 16.3 Å². The van der Waals surface area contributed by atoms with Gasteiger partial charge in [0.25, 0.3) is 5.56 Å². The lowest BCUT2D eigenvalue weighted by Gasteiger charge is -2.19. The van der Waals surface area contributed by atoms with Gasteiger partial charge in [0, 0.05) is 32.2 Å². The topological polar surface area (TPSA) is 56.5 Å². The van der Waals surface area contributed by atoms with Crippen LogP contribution in [0.25, 0.3) is 0 Å². The second kappa shape index (κ2) is 8.15. The fourth-order valence-electron chi connectivity index (χ4n) is 2.50. The van der Waals surface area contributed by atoms with Gasteiger partial charge in [0.05, 0.1) is 6.54 Å². The van der Waals surface area contributed by atoms with Gasteiger partial charge in [-0.3, -0.25) is 13.9 Å². The molecule has 0 amide bonds. The first-order chi connectivity index (χ1) is 12.2. The average molecular weight is 376 g/mol. The maximum atomic E-state index is 12.0. The number of hydrogen-bond acceptors (Lipinski definition) is 4. The fourth-order valence-corrected chi connectivity index (χ4v) is 2.61. The van der Waals surface area contributed by atoms with E-state index in [0.717, 1.165) is 26.5 Å². The minimum Gasteiger partial charge on any atom is -0.481 e. The number of aryl methyl sites for hydroxylation is 2. The Morgan fingerprint density at radius 2 is 1.69 bits per heavy atom. The van der Waals surface area contributed by atoms with Crippen molar-refractivity contribution < 1.29 is 4.74 Å². The number of ether oxygens (including phenoxy) is 1. The van der Waals surface area contributed by atoms with Gasteiger partial charge >= 0.3 is 5.69 Å². The molecule has 138 valence electrons. The van der Waals surface area contributed by atoms with Gasteiger partial charge in [0.15, 0.2) is 0 Å². The van der Waals surface area contributed by atoms with Crippen molar-refractivity contribution >= 4 is 17.4 Å². The van der Waals surface area contributed by atoms with Crippen molar-refractivity contribution in [1.29, 1.82) is 0 Å². The molecule has 0 aliphatic heterocycles. The van der Waals surface area contributed by atoms with Crippen molar-refractivity contribution in [2.45, 2.75) is 13.8 Å². The van der Waals surface area contributed by atoms with Crippen LogP contribution in [0.15, 0.2) is 27.8 Å². The Kier molecular flexibility index (Phi) is 6.17. The fraction of sp³-hybridized carbons (Fsp3) is 0.368. The lowest BCUT2D eigenvalue weighted by atomic mass is 10.1. The third-order valence-electron chi connectivity index (χ3n) is 4.05. The molecule has 7 heteroatoms. The molecule has 0 unspecified atom stereocenters. The molecule has 0 bridgehead atoms. The zero-order valence-corrected chi connectivity index (χ0v) is 16.3. The normalized spacial score (nSPS) is 10.2. The molecule has 2 rings (SSSR count). The number of aromatic nitrogens is 2. The molecule has 0 spiro atoms. The summed E-state index contributed by atoms with van der Waals surface area (Å²) in [6, 6.07) is 5.16. The summed E-state index contributed by atoms with van der Waals surface area (Å²) >= 11 is 6.13. The predicted molar refractivity (Wildman–Crippen MR) is 104 cm³/mol. The van der Waals surface area contributed by atoms with E-state index >= 15 is 0 Å². The molecule has 0 radical (unpaired) electrons. The molecule has 0 N–H and O–H groups in total. The Morgan fingerprint density at radius 3 is 2.31 bits per heavy atom.